The maximum atomic E-state index is 11.9. The summed E-state index contributed by atoms with van der Waals surface area (Å²) in [5.41, 5.74) is 2.29. The average Bonchev–Trinajstić information content (AvgIpc) is 2.89. The van der Waals surface area contributed by atoms with Crippen molar-refractivity contribution in [2.75, 3.05) is 11.9 Å². The van der Waals surface area contributed by atoms with Crippen molar-refractivity contribution in [3.05, 3.63) is 29.3 Å². The van der Waals surface area contributed by atoms with Crippen LogP contribution in [0.2, 0.25) is 0 Å². The number of ketones is 2. The fourth-order valence-corrected chi connectivity index (χ4v) is 2.21. The van der Waals surface area contributed by atoms with Gasteiger partial charge in [0.1, 0.15) is 5.92 Å². The molecule has 1 amide bonds. The van der Waals surface area contributed by atoms with E-state index < -0.39 is 35.8 Å². The zero-order valence-corrected chi connectivity index (χ0v) is 12.5. The minimum Gasteiger partial charge on any atom is -0.465 e. The topological polar surface area (TPSA) is 89.5 Å². The first-order valence-corrected chi connectivity index (χ1v) is 6.99. The van der Waals surface area contributed by atoms with Crippen molar-refractivity contribution in [3.63, 3.8) is 0 Å². The van der Waals surface area contributed by atoms with Gasteiger partial charge in [0.05, 0.1) is 13.0 Å². The first kappa shape index (κ1) is 15.9. The lowest BCUT2D eigenvalue weighted by Crippen LogP contribution is -2.29. The minimum atomic E-state index is -0.919. The number of hydrogen-bond acceptors (Lipinski definition) is 5. The van der Waals surface area contributed by atoms with Crippen molar-refractivity contribution >= 4 is 29.1 Å². The van der Waals surface area contributed by atoms with Crippen LogP contribution in [0.4, 0.5) is 5.69 Å². The van der Waals surface area contributed by atoms with Gasteiger partial charge in [-0.2, -0.15) is 0 Å². The molecule has 1 aromatic carbocycles. The number of ether oxygens (including phenoxy) is 1. The maximum Gasteiger partial charge on any atom is 0.316 e. The molecule has 2 rings (SSSR count). The van der Waals surface area contributed by atoms with Crippen LogP contribution >= 0.6 is 0 Å². The number of cyclic esters (lactones) is 1. The van der Waals surface area contributed by atoms with Gasteiger partial charge in [-0.25, -0.2) is 0 Å². The van der Waals surface area contributed by atoms with Gasteiger partial charge < -0.3 is 10.1 Å². The molecule has 6 heteroatoms. The zero-order valence-electron chi connectivity index (χ0n) is 12.5. The molecule has 6 nitrogen and oxygen atoms in total. The molecular formula is C16H17NO5. The van der Waals surface area contributed by atoms with Gasteiger partial charge in [-0.1, -0.05) is 12.1 Å². The molecular weight excluding hydrogens is 286 g/mol. The van der Waals surface area contributed by atoms with Gasteiger partial charge in [0, 0.05) is 12.1 Å². The van der Waals surface area contributed by atoms with E-state index in [1.54, 1.807) is 13.0 Å². The number of benzene rings is 1. The van der Waals surface area contributed by atoms with Gasteiger partial charge in [-0.15, -0.1) is 0 Å². The van der Waals surface area contributed by atoms with Crippen LogP contribution in [0.15, 0.2) is 18.2 Å². The van der Waals surface area contributed by atoms with E-state index in [9.17, 15) is 19.2 Å². The Kier molecular flexibility index (Phi) is 4.70. The Balaban J connectivity index is 1.97. The average molecular weight is 303 g/mol. The van der Waals surface area contributed by atoms with Crippen molar-refractivity contribution in [2.45, 2.75) is 26.7 Å². The highest BCUT2D eigenvalue weighted by atomic mass is 16.5. The molecule has 1 aromatic rings. The Morgan fingerprint density at radius 1 is 1.27 bits per heavy atom. The van der Waals surface area contributed by atoms with E-state index in [1.165, 1.54) is 0 Å². The van der Waals surface area contributed by atoms with E-state index in [2.05, 4.69) is 10.1 Å². The Morgan fingerprint density at radius 3 is 2.64 bits per heavy atom. The summed E-state index contributed by atoms with van der Waals surface area (Å²) in [5.74, 6) is -3.81. The molecule has 1 atom stereocenters. The quantitative estimate of drug-likeness (QED) is 0.503. The Labute approximate surface area is 127 Å². The number of anilines is 1. The third-order valence-corrected chi connectivity index (χ3v) is 3.55. The number of amides is 1. The van der Waals surface area contributed by atoms with Crippen LogP contribution in [0.25, 0.3) is 0 Å². The van der Waals surface area contributed by atoms with Crippen LogP contribution in [0, 0.1) is 19.8 Å². The highest BCUT2D eigenvalue weighted by Gasteiger charge is 2.34. The first-order chi connectivity index (χ1) is 10.4. The number of aryl methyl sites for hydroxylation is 2. The minimum absolute atomic E-state index is 0.179. The first-order valence-electron chi connectivity index (χ1n) is 6.99. The molecule has 0 aliphatic carbocycles. The van der Waals surface area contributed by atoms with Crippen LogP contribution in [0.5, 0.6) is 0 Å². The fourth-order valence-electron chi connectivity index (χ4n) is 2.21. The summed E-state index contributed by atoms with van der Waals surface area (Å²) in [6.45, 7) is 3.85. The summed E-state index contributed by atoms with van der Waals surface area (Å²) in [6, 6.07) is 5.47. The molecule has 0 aromatic heterocycles. The third kappa shape index (κ3) is 3.58. The number of nitrogens with one attached hydrogen (secondary N) is 1. The lowest BCUT2D eigenvalue weighted by Gasteiger charge is -2.09. The summed E-state index contributed by atoms with van der Waals surface area (Å²) in [6.07, 6.45) is -0.319. The smallest absolute Gasteiger partial charge is 0.316 e. The molecule has 1 saturated heterocycles. The van der Waals surface area contributed by atoms with Crippen molar-refractivity contribution in [2.24, 2.45) is 5.92 Å². The van der Waals surface area contributed by atoms with E-state index in [4.69, 9.17) is 0 Å². The van der Waals surface area contributed by atoms with Crippen LogP contribution in [-0.2, 0) is 23.9 Å². The van der Waals surface area contributed by atoms with Crippen LogP contribution in [0.3, 0.4) is 0 Å². The fraction of sp³-hybridized carbons (Fsp3) is 0.375. The number of carbonyl (C=O) groups is 4. The van der Waals surface area contributed by atoms with E-state index >= 15 is 0 Å². The molecule has 116 valence electrons. The van der Waals surface area contributed by atoms with Crippen molar-refractivity contribution < 1.29 is 23.9 Å². The van der Waals surface area contributed by atoms with Crippen LogP contribution in [0.1, 0.15) is 24.0 Å². The van der Waals surface area contributed by atoms with E-state index in [0.29, 0.717) is 5.69 Å². The number of Topliss-reactive ketones (excluding diaryl/α,β-unsaturated/α-hetero) is 2. The molecule has 0 spiro atoms. The summed E-state index contributed by atoms with van der Waals surface area (Å²) in [5, 5.41) is 2.50. The van der Waals surface area contributed by atoms with Gasteiger partial charge in [0.2, 0.25) is 5.78 Å². The lowest BCUT2D eigenvalue weighted by molar-refractivity contribution is -0.145. The Morgan fingerprint density at radius 2 is 2.00 bits per heavy atom. The summed E-state index contributed by atoms with van der Waals surface area (Å²) >= 11 is 0. The molecule has 1 aliphatic rings. The molecule has 0 radical (unpaired) electrons. The highest BCUT2D eigenvalue weighted by Crippen LogP contribution is 2.18. The SMILES string of the molecule is Cc1ccc(C)c(NC(=O)C(=O)CC(=O)[C@@H]2CCOC2=O)c1. The van der Waals surface area contributed by atoms with E-state index in [0.717, 1.165) is 11.1 Å². The largest absolute Gasteiger partial charge is 0.465 e. The predicted molar refractivity (Wildman–Crippen MR) is 78.2 cm³/mol. The van der Waals surface area contributed by atoms with Crippen molar-refractivity contribution in [1.82, 2.24) is 0 Å². The number of carbonyl (C=O) groups excluding carboxylic acids is 4. The second kappa shape index (κ2) is 6.51. The summed E-state index contributed by atoms with van der Waals surface area (Å²) in [4.78, 5) is 46.8. The van der Waals surface area contributed by atoms with Gasteiger partial charge in [0.15, 0.2) is 5.78 Å². The van der Waals surface area contributed by atoms with E-state index in [1.807, 2.05) is 19.1 Å². The molecule has 1 aliphatic heterocycles. The second-order valence-corrected chi connectivity index (χ2v) is 5.35. The lowest BCUT2D eigenvalue weighted by atomic mass is 9.98. The number of hydrogen-bond donors (Lipinski definition) is 1. The highest BCUT2D eigenvalue weighted by molar-refractivity contribution is 6.43. The van der Waals surface area contributed by atoms with Crippen molar-refractivity contribution in [3.8, 4) is 0 Å². The van der Waals surface area contributed by atoms with Gasteiger partial charge in [0.25, 0.3) is 5.91 Å². The molecule has 0 bridgehead atoms. The zero-order chi connectivity index (χ0) is 16.3. The van der Waals surface area contributed by atoms with E-state index in [-0.39, 0.29) is 13.0 Å². The second-order valence-electron chi connectivity index (χ2n) is 5.35. The normalized spacial score (nSPS) is 17.0. The molecule has 22 heavy (non-hydrogen) atoms. The number of rotatable bonds is 5. The Bertz CT molecular complexity index is 650. The van der Waals surface area contributed by atoms with Gasteiger partial charge in [-0.3, -0.25) is 19.2 Å². The number of esters is 1. The van der Waals surface area contributed by atoms with Crippen LogP contribution < -0.4 is 5.32 Å². The third-order valence-electron chi connectivity index (χ3n) is 3.55. The molecule has 0 saturated carbocycles. The van der Waals surface area contributed by atoms with Gasteiger partial charge >= 0.3 is 5.97 Å². The van der Waals surface area contributed by atoms with Crippen molar-refractivity contribution in [1.29, 1.82) is 0 Å². The molecule has 1 N–H and O–H groups in total. The summed E-state index contributed by atoms with van der Waals surface area (Å²) < 4.78 is 4.68. The molecule has 1 heterocycles. The molecule has 0 unspecified atom stereocenters. The standard InChI is InChI=1S/C16H17NO5/c1-9-3-4-10(2)12(7-9)17-15(20)14(19)8-13(18)11-5-6-22-16(11)21/h3-4,7,11H,5-6,8H2,1-2H3,(H,17,20)/t11-/m0/s1. The monoisotopic (exact) mass is 303 g/mol. The van der Waals surface area contributed by atoms with Crippen LogP contribution in [-0.4, -0.2) is 30.0 Å². The maximum absolute atomic E-state index is 11.9. The molecule has 1 fully saturated rings. The Hall–Kier alpha value is -2.50. The summed E-state index contributed by atoms with van der Waals surface area (Å²) in [7, 11) is 0. The predicted octanol–water partition coefficient (Wildman–Crippen LogP) is 1.33. The van der Waals surface area contributed by atoms with Gasteiger partial charge in [-0.05, 0) is 31.0 Å².